The maximum absolute atomic E-state index is 9.78. The van der Waals surface area contributed by atoms with Crippen molar-refractivity contribution < 1.29 is 4.74 Å². The quantitative estimate of drug-likeness (QED) is 0.240. The van der Waals surface area contributed by atoms with Crippen LogP contribution in [0.2, 0.25) is 0 Å². The average Bonchev–Trinajstić information content (AvgIpc) is 3.01. The van der Waals surface area contributed by atoms with Crippen molar-refractivity contribution in [3.8, 4) is 12.1 Å². The SMILES string of the molecule is CCCCCC12CCC(C3=CC(=C(C#N)C#N)C=C(/C=C/c4cc5c6c(c4)C(C)(C)CCN6CCC5(C)C)O3)(CC1)CC2. The minimum absolute atomic E-state index is 0.00856. The van der Waals surface area contributed by atoms with Gasteiger partial charge in [0.05, 0.1) is 0 Å². The first kappa shape index (κ1) is 29.8. The number of anilines is 1. The molecule has 0 radical (unpaired) electrons. The summed E-state index contributed by atoms with van der Waals surface area (Å²) in [5, 5.41) is 19.6. The van der Waals surface area contributed by atoms with E-state index in [0.717, 1.165) is 56.7 Å². The van der Waals surface area contributed by atoms with Gasteiger partial charge >= 0.3 is 0 Å². The first-order valence-corrected chi connectivity index (χ1v) is 16.8. The zero-order valence-corrected chi connectivity index (χ0v) is 27.1. The molecule has 3 saturated carbocycles. The van der Waals surface area contributed by atoms with Gasteiger partial charge < -0.3 is 9.64 Å². The van der Waals surface area contributed by atoms with E-state index in [2.05, 4.69) is 75.9 Å². The highest BCUT2D eigenvalue weighted by atomic mass is 16.5. The molecule has 2 bridgehead atoms. The summed E-state index contributed by atoms with van der Waals surface area (Å²) in [5.74, 6) is 1.69. The monoisotopic (exact) mass is 575 g/mol. The summed E-state index contributed by atoms with van der Waals surface area (Å²) in [5.41, 5.74) is 7.17. The molecule has 1 aromatic carbocycles. The fourth-order valence-corrected chi connectivity index (χ4v) is 8.66. The van der Waals surface area contributed by atoms with Crippen LogP contribution in [0, 0.1) is 33.5 Å². The Morgan fingerprint density at radius 3 is 2.00 bits per heavy atom. The lowest BCUT2D eigenvalue weighted by atomic mass is 9.52. The summed E-state index contributed by atoms with van der Waals surface area (Å²) in [6, 6.07) is 9.04. The van der Waals surface area contributed by atoms with Crippen molar-refractivity contribution in [1.82, 2.24) is 0 Å². The molecule has 7 rings (SSSR count). The third-order valence-corrected chi connectivity index (χ3v) is 11.9. The summed E-state index contributed by atoms with van der Waals surface area (Å²) >= 11 is 0. The Hall–Kier alpha value is -3.24. The topological polar surface area (TPSA) is 60.0 Å². The minimum atomic E-state index is 0.00856. The number of nitriles is 2. The summed E-state index contributed by atoms with van der Waals surface area (Å²) in [6.45, 7) is 14.1. The van der Waals surface area contributed by atoms with E-state index >= 15 is 0 Å². The molecule has 3 aliphatic heterocycles. The third-order valence-electron chi connectivity index (χ3n) is 11.9. The maximum Gasteiger partial charge on any atom is 0.137 e. The molecule has 6 aliphatic rings. The predicted octanol–water partition coefficient (Wildman–Crippen LogP) is 9.93. The van der Waals surface area contributed by atoms with Crippen molar-refractivity contribution in [2.24, 2.45) is 10.8 Å². The number of fused-ring (bicyclic) bond motifs is 3. The summed E-state index contributed by atoms with van der Waals surface area (Å²) in [4.78, 5) is 2.60. The first-order valence-electron chi connectivity index (χ1n) is 16.8. The molecular weight excluding hydrogens is 526 g/mol. The van der Waals surface area contributed by atoms with Gasteiger partial charge in [0, 0.05) is 29.8 Å². The largest absolute Gasteiger partial charge is 0.461 e. The molecule has 3 heterocycles. The smallest absolute Gasteiger partial charge is 0.137 e. The number of allylic oxidation sites excluding steroid dienone is 6. The van der Waals surface area contributed by atoms with E-state index < -0.39 is 0 Å². The van der Waals surface area contributed by atoms with Gasteiger partial charge in [0.1, 0.15) is 29.2 Å². The number of rotatable bonds is 7. The van der Waals surface area contributed by atoms with Crippen LogP contribution in [-0.2, 0) is 15.6 Å². The number of unbranched alkanes of at least 4 members (excludes halogenated alkanes) is 2. The second-order valence-corrected chi connectivity index (χ2v) is 15.5. The predicted molar refractivity (Wildman–Crippen MR) is 175 cm³/mol. The minimum Gasteiger partial charge on any atom is -0.461 e. The molecule has 0 unspecified atom stereocenters. The Labute approximate surface area is 259 Å². The van der Waals surface area contributed by atoms with E-state index in [0.29, 0.717) is 11.0 Å². The number of ether oxygens (including phenoxy) is 1. The van der Waals surface area contributed by atoms with Crippen molar-refractivity contribution in [3.63, 3.8) is 0 Å². The summed E-state index contributed by atoms with van der Waals surface area (Å²) in [7, 11) is 0. The molecular formula is C39H49N3O. The van der Waals surface area contributed by atoms with Crippen molar-refractivity contribution in [3.05, 3.63) is 69.7 Å². The van der Waals surface area contributed by atoms with E-state index in [9.17, 15) is 10.5 Å². The molecule has 3 fully saturated rings. The molecule has 4 heteroatoms. The number of hydrogen-bond acceptors (Lipinski definition) is 4. The molecule has 0 atom stereocenters. The van der Waals surface area contributed by atoms with E-state index in [4.69, 9.17) is 4.74 Å². The van der Waals surface area contributed by atoms with Gasteiger partial charge in [0.25, 0.3) is 0 Å². The van der Waals surface area contributed by atoms with E-state index in [1.165, 1.54) is 67.3 Å². The van der Waals surface area contributed by atoms with Gasteiger partial charge in [-0.3, -0.25) is 0 Å². The van der Waals surface area contributed by atoms with Gasteiger partial charge in [-0.1, -0.05) is 60.0 Å². The molecule has 43 heavy (non-hydrogen) atoms. The lowest BCUT2D eigenvalue weighted by Gasteiger charge is -2.54. The Kier molecular flexibility index (Phi) is 7.65. The van der Waals surface area contributed by atoms with Crippen LogP contribution in [0.1, 0.15) is 128 Å². The molecule has 0 N–H and O–H groups in total. The lowest BCUT2D eigenvalue weighted by molar-refractivity contribution is -0.0195. The molecule has 226 valence electrons. The zero-order valence-electron chi connectivity index (χ0n) is 27.1. The Morgan fingerprint density at radius 1 is 0.837 bits per heavy atom. The fourth-order valence-electron chi connectivity index (χ4n) is 8.66. The van der Waals surface area contributed by atoms with Crippen molar-refractivity contribution in [1.29, 1.82) is 10.5 Å². The fraction of sp³-hybridized carbons (Fsp3) is 0.590. The highest BCUT2D eigenvalue weighted by Gasteiger charge is 2.51. The van der Waals surface area contributed by atoms with Crippen LogP contribution in [0.4, 0.5) is 5.69 Å². The van der Waals surface area contributed by atoms with Crippen LogP contribution in [0.5, 0.6) is 0 Å². The first-order chi connectivity index (χ1) is 20.5. The van der Waals surface area contributed by atoms with E-state index in [1.54, 1.807) is 0 Å². The van der Waals surface area contributed by atoms with E-state index in [-0.39, 0.29) is 21.8 Å². The molecule has 0 saturated heterocycles. The normalized spacial score (nSPS) is 28.3. The molecule has 4 nitrogen and oxygen atoms in total. The van der Waals surface area contributed by atoms with Gasteiger partial charge in [0.15, 0.2) is 0 Å². The number of benzene rings is 1. The molecule has 0 aromatic heterocycles. The van der Waals surface area contributed by atoms with Crippen molar-refractivity contribution >= 4 is 11.8 Å². The maximum atomic E-state index is 9.78. The lowest BCUT2D eigenvalue weighted by Crippen LogP contribution is -2.44. The van der Waals surface area contributed by atoms with Gasteiger partial charge in [-0.2, -0.15) is 10.5 Å². The Bertz CT molecular complexity index is 1420. The molecule has 0 amide bonds. The molecule has 1 aromatic rings. The summed E-state index contributed by atoms with van der Waals surface area (Å²) < 4.78 is 6.72. The van der Waals surface area contributed by atoms with Crippen LogP contribution < -0.4 is 4.90 Å². The standard InChI is InChI=1S/C39H49N3O/c1-6-7-8-11-38-12-15-39(16-13-38,17-14-38)34-25-29(30(26-40)27-41)24-31(43-34)10-9-28-22-32-35-33(23-28)37(4,5)19-21-42(35)20-18-36(32,2)3/h9-10,22-25H,6-8,11-21H2,1-5H3/b10-9+. The van der Waals surface area contributed by atoms with Crippen LogP contribution in [-0.4, -0.2) is 13.1 Å². The zero-order chi connectivity index (χ0) is 30.5. The number of hydrogen-bond donors (Lipinski definition) is 0. The van der Waals surface area contributed by atoms with E-state index in [1.807, 2.05) is 12.2 Å². The van der Waals surface area contributed by atoms with Gasteiger partial charge in [-0.05, 0) is 121 Å². The Morgan fingerprint density at radius 2 is 1.44 bits per heavy atom. The average molecular weight is 576 g/mol. The highest BCUT2D eigenvalue weighted by Crippen LogP contribution is 2.62. The van der Waals surface area contributed by atoms with Crippen LogP contribution in [0.3, 0.4) is 0 Å². The van der Waals surface area contributed by atoms with Crippen LogP contribution >= 0.6 is 0 Å². The summed E-state index contributed by atoms with van der Waals surface area (Å²) in [6.07, 6.45) is 23.0. The van der Waals surface area contributed by atoms with Gasteiger partial charge in [-0.15, -0.1) is 0 Å². The van der Waals surface area contributed by atoms with Crippen LogP contribution in [0.25, 0.3) is 6.08 Å². The van der Waals surface area contributed by atoms with Crippen molar-refractivity contribution in [2.45, 2.75) is 122 Å². The molecule has 0 spiro atoms. The second-order valence-electron chi connectivity index (χ2n) is 15.5. The van der Waals surface area contributed by atoms with Gasteiger partial charge in [0.2, 0.25) is 0 Å². The highest BCUT2D eigenvalue weighted by molar-refractivity contribution is 5.72. The Balaban J connectivity index is 1.31. The second kappa shape index (κ2) is 11.0. The number of nitrogens with zero attached hydrogens (tertiary/aromatic N) is 3. The van der Waals surface area contributed by atoms with Crippen LogP contribution in [0.15, 0.2) is 53.0 Å². The third kappa shape index (κ3) is 5.37. The molecule has 3 aliphatic carbocycles. The van der Waals surface area contributed by atoms with Gasteiger partial charge in [-0.25, -0.2) is 0 Å². The van der Waals surface area contributed by atoms with Crippen molar-refractivity contribution in [2.75, 3.05) is 18.0 Å².